The molecule has 0 saturated heterocycles. The van der Waals surface area contributed by atoms with Crippen molar-refractivity contribution in [3.05, 3.63) is 64.7 Å². The van der Waals surface area contributed by atoms with Gasteiger partial charge in [-0.25, -0.2) is 9.37 Å². The van der Waals surface area contributed by atoms with Crippen LogP contribution < -0.4 is 0 Å². The topological polar surface area (TPSA) is 41.6 Å². The van der Waals surface area contributed by atoms with Crippen molar-refractivity contribution in [2.75, 3.05) is 0 Å². The first-order valence-electron chi connectivity index (χ1n) is 7.17. The van der Waals surface area contributed by atoms with E-state index in [0.717, 1.165) is 11.0 Å². The normalized spacial score (nSPS) is 11.7. The number of halogens is 2. The second-order valence-electron chi connectivity index (χ2n) is 4.97. The number of benzene rings is 2. The maximum absolute atomic E-state index is 14.0. The van der Waals surface area contributed by atoms with E-state index in [1.54, 1.807) is 6.07 Å². The molecule has 0 aliphatic carbocycles. The molecule has 1 aromatic heterocycles. The fourth-order valence-corrected chi connectivity index (χ4v) is 2.76. The predicted octanol–water partition coefficient (Wildman–Crippen LogP) is 4.91. The van der Waals surface area contributed by atoms with Crippen molar-refractivity contribution in [1.29, 1.82) is 5.26 Å². The Morgan fingerprint density at radius 1 is 1.30 bits per heavy atom. The lowest BCUT2D eigenvalue weighted by atomic mass is 10.1. The van der Waals surface area contributed by atoms with E-state index in [-0.39, 0.29) is 16.2 Å². The van der Waals surface area contributed by atoms with Crippen LogP contribution in [0.4, 0.5) is 4.39 Å². The van der Waals surface area contributed by atoms with Gasteiger partial charge in [0, 0.05) is 12.1 Å². The molecule has 0 aliphatic heterocycles. The standard InChI is InChI=1S/C18H13ClFN3/c1-2-23-17-9-4-3-8-16(17)22-18(23)12(11-21)10-13-14(19)6-5-7-15(13)20/h3-10H,2H2,1H3. The Labute approximate surface area is 138 Å². The molecule has 3 aromatic rings. The number of hydrogen-bond donors (Lipinski definition) is 0. The molecule has 0 atom stereocenters. The molecule has 0 spiro atoms. The maximum atomic E-state index is 14.0. The minimum absolute atomic E-state index is 0.195. The first-order chi connectivity index (χ1) is 11.2. The third kappa shape index (κ3) is 2.71. The van der Waals surface area contributed by atoms with E-state index in [1.807, 2.05) is 35.8 Å². The highest BCUT2D eigenvalue weighted by atomic mass is 35.5. The van der Waals surface area contributed by atoms with Crippen molar-refractivity contribution < 1.29 is 4.39 Å². The second kappa shape index (κ2) is 6.23. The molecular weight excluding hydrogens is 313 g/mol. The van der Waals surface area contributed by atoms with Crippen LogP contribution in [0.3, 0.4) is 0 Å². The van der Waals surface area contributed by atoms with Crippen LogP contribution in [0.2, 0.25) is 5.02 Å². The van der Waals surface area contributed by atoms with Crippen LogP contribution in [-0.2, 0) is 6.54 Å². The number of nitriles is 1. The first-order valence-corrected chi connectivity index (χ1v) is 7.55. The van der Waals surface area contributed by atoms with Crippen molar-refractivity contribution in [3.63, 3.8) is 0 Å². The van der Waals surface area contributed by atoms with Crippen molar-refractivity contribution in [3.8, 4) is 6.07 Å². The van der Waals surface area contributed by atoms with Gasteiger partial charge < -0.3 is 4.57 Å². The van der Waals surface area contributed by atoms with E-state index in [0.29, 0.717) is 12.4 Å². The molecule has 0 N–H and O–H groups in total. The van der Waals surface area contributed by atoms with Crippen LogP contribution in [0.5, 0.6) is 0 Å². The highest BCUT2D eigenvalue weighted by Crippen LogP contribution is 2.27. The minimum Gasteiger partial charge on any atom is -0.324 e. The summed E-state index contributed by atoms with van der Waals surface area (Å²) in [5.41, 5.74) is 2.20. The lowest BCUT2D eigenvalue weighted by Gasteiger charge is -2.06. The zero-order valence-corrected chi connectivity index (χ0v) is 13.2. The number of para-hydroxylation sites is 2. The smallest absolute Gasteiger partial charge is 0.151 e. The van der Waals surface area contributed by atoms with Crippen LogP contribution in [0.25, 0.3) is 22.7 Å². The van der Waals surface area contributed by atoms with Gasteiger partial charge in [-0.3, -0.25) is 0 Å². The Balaban J connectivity index is 2.23. The molecule has 114 valence electrons. The van der Waals surface area contributed by atoms with Crippen LogP contribution >= 0.6 is 11.6 Å². The van der Waals surface area contributed by atoms with E-state index in [2.05, 4.69) is 11.1 Å². The number of aromatic nitrogens is 2. The van der Waals surface area contributed by atoms with Gasteiger partial charge in [-0.1, -0.05) is 29.8 Å². The Bertz CT molecular complexity index is 930. The van der Waals surface area contributed by atoms with Gasteiger partial charge in [0.25, 0.3) is 0 Å². The Hall–Kier alpha value is -2.64. The summed E-state index contributed by atoms with van der Waals surface area (Å²) >= 11 is 6.05. The zero-order valence-electron chi connectivity index (χ0n) is 12.4. The molecular formula is C18H13ClFN3. The van der Waals surface area contributed by atoms with Crippen molar-refractivity contribution in [2.24, 2.45) is 0 Å². The zero-order chi connectivity index (χ0) is 16.4. The molecule has 3 nitrogen and oxygen atoms in total. The van der Waals surface area contributed by atoms with Crippen molar-refractivity contribution in [1.82, 2.24) is 9.55 Å². The molecule has 0 unspecified atom stereocenters. The third-order valence-electron chi connectivity index (χ3n) is 3.62. The van der Waals surface area contributed by atoms with Crippen LogP contribution in [0.1, 0.15) is 18.3 Å². The Kier molecular flexibility index (Phi) is 4.14. The Morgan fingerprint density at radius 3 is 2.78 bits per heavy atom. The highest BCUT2D eigenvalue weighted by molar-refractivity contribution is 6.32. The predicted molar refractivity (Wildman–Crippen MR) is 90.3 cm³/mol. The number of rotatable bonds is 3. The van der Waals surface area contributed by atoms with Crippen molar-refractivity contribution >= 4 is 34.3 Å². The van der Waals surface area contributed by atoms with Gasteiger partial charge in [0.2, 0.25) is 0 Å². The van der Waals surface area contributed by atoms with E-state index < -0.39 is 5.82 Å². The van der Waals surface area contributed by atoms with Gasteiger partial charge in [-0.05, 0) is 37.3 Å². The molecule has 0 radical (unpaired) electrons. The van der Waals surface area contributed by atoms with E-state index >= 15 is 0 Å². The van der Waals surface area contributed by atoms with Gasteiger partial charge in [-0.15, -0.1) is 0 Å². The summed E-state index contributed by atoms with van der Waals surface area (Å²) in [4.78, 5) is 4.52. The summed E-state index contributed by atoms with van der Waals surface area (Å²) in [6.45, 7) is 2.63. The molecule has 5 heteroatoms. The summed E-state index contributed by atoms with van der Waals surface area (Å²) in [5, 5.41) is 9.79. The quantitative estimate of drug-likeness (QED) is 0.642. The fraction of sp³-hybridized carbons (Fsp3) is 0.111. The second-order valence-corrected chi connectivity index (χ2v) is 5.38. The summed E-state index contributed by atoms with van der Waals surface area (Å²) < 4.78 is 15.9. The van der Waals surface area contributed by atoms with Gasteiger partial charge in [0.15, 0.2) is 5.82 Å². The van der Waals surface area contributed by atoms with E-state index in [9.17, 15) is 9.65 Å². The maximum Gasteiger partial charge on any atom is 0.151 e. The molecule has 0 bridgehead atoms. The average Bonchev–Trinajstić information content (AvgIpc) is 2.93. The van der Waals surface area contributed by atoms with Gasteiger partial charge in [0.1, 0.15) is 11.9 Å². The SMILES string of the molecule is CCn1c(C(C#N)=Cc2c(F)cccc2Cl)nc2ccccc21. The molecule has 23 heavy (non-hydrogen) atoms. The fourth-order valence-electron chi connectivity index (χ4n) is 2.54. The number of allylic oxidation sites excluding steroid dienone is 1. The van der Waals surface area contributed by atoms with Gasteiger partial charge in [-0.2, -0.15) is 5.26 Å². The molecule has 0 aliphatic rings. The number of hydrogen-bond acceptors (Lipinski definition) is 2. The summed E-state index contributed by atoms with van der Waals surface area (Å²) in [7, 11) is 0. The molecule has 1 heterocycles. The van der Waals surface area contributed by atoms with E-state index in [4.69, 9.17) is 11.6 Å². The summed E-state index contributed by atoms with van der Waals surface area (Å²) in [5.74, 6) is 0.0416. The lowest BCUT2D eigenvalue weighted by molar-refractivity contribution is 0.625. The first kappa shape index (κ1) is 15.3. The number of fused-ring (bicyclic) bond motifs is 1. The monoisotopic (exact) mass is 325 g/mol. The number of nitrogens with zero attached hydrogens (tertiary/aromatic N) is 3. The number of aryl methyl sites for hydroxylation is 1. The van der Waals surface area contributed by atoms with E-state index in [1.165, 1.54) is 18.2 Å². The van der Waals surface area contributed by atoms with Crippen LogP contribution in [-0.4, -0.2) is 9.55 Å². The molecule has 0 amide bonds. The minimum atomic E-state index is -0.468. The largest absolute Gasteiger partial charge is 0.324 e. The van der Waals surface area contributed by atoms with Crippen LogP contribution in [0.15, 0.2) is 42.5 Å². The number of imidazole rings is 1. The van der Waals surface area contributed by atoms with Gasteiger partial charge >= 0.3 is 0 Å². The molecule has 3 rings (SSSR count). The summed E-state index contributed by atoms with van der Waals surface area (Å²) in [6.07, 6.45) is 1.45. The average molecular weight is 326 g/mol. The van der Waals surface area contributed by atoms with Crippen molar-refractivity contribution in [2.45, 2.75) is 13.5 Å². The third-order valence-corrected chi connectivity index (χ3v) is 3.95. The molecule has 0 saturated carbocycles. The Morgan fingerprint density at radius 2 is 2.09 bits per heavy atom. The summed E-state index contributed by atoms with van der Waals surface area (Å²) in [6, 6.07) is 14.2. The lowest BCUT2D eigenvalue weighted by Crippen LogP contribution is -2.00. The molecule has 2 aromatic carbocycles. The highest BCUT2D eigenvalue weighted by Gasteiger charge is 2.15. The van der Waals surface area contributed by atoms with Gasteiger partial charge in [0.05, 0.1) is 21.6 Å². The molecule has 0 fully saturated rings. The van der Waals surface area contributed by atoms with Crippen LogP contribution in [0, 0.1) is 17.1 Å².